The van der Waals surface area contributed by atoms with Gasteiger partial charge < -0.3 is 4.74 Å². The summed E-state index contributed by atoms with van der Waals surface area (Å²) in [6.07, 6.45) is 1.01. The molecule has 20 heavy (non-hydrogen) atoms. The van der Waals surface area contributed by atoms with E-state index >= 15 is 0 Å². The maximum atomic E-state index is 12.5. The Morgan fingerprint density at radius 3 is 2.45 bits per heavy atom. The van der Waals surface area contributed by atoms with Crippen molar-refractivity contribution in [3.8, 4) is 5.75 Å². The number of ketones is 1. The molecule has 0 amide bonds. The van der Waals surface area contributed by atoms with Crippen molar-refractivity contribution in [2.75, 3.05) is 0 Å². The van der Waals surface area contributed by atoms with Crippen LogP contribution in [0.1, 0.15) is 41.3 Å². The van der Waals surface area contributed by atoms with E-state index in [1.54, 1.807) is 0 Å². The van der Waals surface area contributed by atoms with E-state index < -0.39 is 0 Å². The smallest absolute Gasteiger partial charge is 0.170 e. The van der Waals surface area contributed by atoms with Crippen LogP contribution in [0.3, 0.4) is 0 Å². The number of carbonyl (C=O) groups is 1. The predicted octanol–water partition coefficient (Wildman–Crippen LogP) is 4.00. The molecule has 0 bridgehead atoms. The van der Waals surface area contributed by atoms with Crippen molar-refractivity contribution in [1.82, 2.24) is 0 Å². The van der Waals surface area contributed by atoms with Gasteiger partial charge in [-0.2, -0.15) is 0 Å². The third kappa shape index (κ3) is 2.34. The molecule has 0 saturated heterocycles. The Bertz CT molecular complexity index is 626. The first-order valence-electron chi connectivity index (χ1n) is 7.04. The quantitative estimate of drug-likeness (QED) is 0.782. The van der Waals surface area contributed by atoms with Gasteiger partial charge >= 0.3 is 0 Å². The van der Waals surface area contributed by atoms with E-state index in [0.717, 1.165) is 17.7 Å². The molecule has 0 fully saturated rings. The lowest BCUT2D eigenvalue weighted by Gasteiger charge is -2.28. The fraction of sp³-hybridized carbons (Fsp3) is 0.278. The number of fused-ring (bicyclic) bond motifs is 1. The Morgan fingerprint density at radius 1 is 1.10 bits per heavy atom. The summed E-state index contributed by atoms with van der Waals surface area (Å²) in [7, 11) is 0. The summed E-state index contributed by atoms with van der Waals surface area (Å²) in [4.78, 5) is 12.5. The summed E-state index contributed by atoms with van der Waals surface area (Å²) in [6.45, 7) is 3.98. The van der Waals surface area contributed by atoms with Gasteiger partial charge in [-0.3, -0.25) is 4.79 Å². The molecule has 2 aromatic carbocycles. The molecule has 3 rings (SSSR count). The topological polar surface area (TPSA) is 26.3 Å². The summed E-state index contributed by atoms with van der Waals surface area (Å²) >= 11 is 0. The van der Waals surface area contributed by atoms with Gasteiger partial charge in [0.15, 0.2) is 5.78 Å². The highest BCUT2D eigenvalue weighted by molar-refractivity contribution is 6.02. The number of Topliss-reactive ketones (excluding diaryl/α,β-unsaturated/α-hetero) is 1. The molecule has 1 aliphatic carbocycles. The van der Waals surface area contributed by atoms with Crippen LogP contribution < -0.4 is 4.74 Å². The van der Waals surface area contributed by atoms with Crippen LogP contribution in [0.5, 0.6) is 5.75 Å². The first kappa shape index (κ1) is 12.9. The van der Waals surface area contributed by atoms with Gasteiger partial charge in [0.2, 0.25) is 0 Å². The van der Waals surface area contributed by atoms with Crippen LogP contribution in [0.15, 0.2) is 48.5 Å². The van der Waals surface area contributed by atoms with Crippen molar-refractivity contribution >= 4 is 5.78 Å². The molecule has 0 N–H and O–H groups in total. The van der Waals surface area contributed by atoms with Crippen molar-refractivity contribution in [2.24, 2.45) is 0 Å². The zero-order chi connectivity index (χ0) is 14.1. The van der Waals surface area contributed by atoms with Gasteiger partial charge in [-0.05, 0) is 55.7 Å². The molecule has 2 heteroatoms. The van der Waals surface area contributed by atoms with Crippen molar-refractivity contribution < 1.29 is 9.53 Å². The van der Waals surface area contributed by atoms with E-state index in [-0.39, 0.29) is 17.8 Å². The van der Waals surface area contributed by atoms with Crippen LogP contribution in [0.25, 0.3) is 0 Å². The molecule has 0 aromatic heterocycles. The number of carbonyl (C=O) groups excluding carboxylic acids is 1. The number of ether oxygens (including phenoxy) is 1. The van der Waals surface area contributed by atoms with E-state index in [0.29, 0.717) is 0 Å². The van der Waals surface area contributed by atoms with E-state index in [1.165, 1.54) is 11.1 Å². The first-order chi connectivity index (χ1) is 9.65. The Morgan fingerprint density at radius 2 is 1.80 bits per heavy atom. The fourth-order valence-corrected chi connectivity index (χ4v) is 2.66. The predicted molar refractivity (Wildman–Crippen MR) is 79.4 cm³/mol. The Labute approximate surface area is 119 Å². The van der Waals surface area contributed by atoms with Gasteiger partial charge in [-0.15, -0.1) is 0 Å². The maximum Gasteiger partial charge on any atom is 0.170 e. The van der Waals surface area contributed by atoms with Crippen LogP contribution in [-0.2, 0) is 6.42 Å². The second-order valence-corrected chi connectivity index (χ2v) is 5.51. The highest BCUT2D eigenvalue weighted by Gasteiger charge is 2.32. The molecule has 1 aliphatic rings. The van der Waals surface area contributed by atoms with Gasteiger partial charge in [0.25, 0.3) is 0 Å². The van der Waals surface area contributed by atoms with Gasteiger partial charge in [-0.25, -0.2) is 0 Å². The van der Waals surface area contributed by atoms with Gasteiger partial charge in [0.05, 0.1) is 12.0 Å². The average Bonchev–Trinajstić information content (AvgIpc) is 2.40. The Hall–Kier alpha value is -2.09. The molecule has 0 aliphatic heterocycles. The fourth-order valence-electron chi connectivity index (χ4n) is 2.66. The molecule has 2 nitrogen and oxygen atoms in total. The molecule has 102 valence electrons. The molecule has 0 saturated carbocycles. The zero-order valence-electron chi connectivity index (χ0n) is 11.8. The normalized spacial score (nSPS) is 16.4. The zero-order valence-corrected chi connectivity index (χ0v) is 11.8. The lowest BCUT2D eigenvalue weighted by atomic mass is 9.74. The molecule has 0 spiro atoms. The van der Waals surface area contributed by atoms with E-state index in [9.17, 15) is 4.79 Å². The minimum atomic E-state index is 0.0306. The van der Waals surface area contributed by atoms with Gasteiger partial charge in [0.1, 0.15) is 5.75 Å². The molecule has 0 radical (unpaired) electrons. The highest BCUT2D eigenvalue weighted by Crippen LogP contribution is 2.37. The summed E-state index contributed by atoms with van der Waals surface area (Å²) in [5, 5.41) is 0. The van der Waals surface area contributed by atoms with Gasteiger partial charge in [-0.1, -0.05) is 24.3 Å². The number of hydrogen-bond acceptors (Lipinski definition) is 2. The van der Waals surface area contributed by atoms with E-state index in [1.807, 2.05) is 50.2 Å². The molecular formula is C18H18O2. The minimum absolute atomic E-state index is 0.0306. The van der Waals surface area contributed by atoms with Crippen LogP contribution >= 0.6 is 0 Å². The standard InChI is InChI=1S/C18H18O2/c1-12(2)20-15-9-7-13(8-10-15)18(19)17-11-14-5-3-4-6-16(14)17/h3-10,12,17H,11H2,1-2H3. The second-order valence-electron chi connectivity index (χ2n) is 5.51. The van der Waals surface area contributed by atoms with Crippen LogP contribution in [0.2, 0.25) is 0 Å². The third-order valence-corrected chi connectivity index (χ3v) is 3.68. The third-order valence-electron chi connectivity index (χ3n) is 3.68. The van der Waals surface area contributed by atoms with Crippen molar-refractivity contribution in [3.05, 3.63) is 65.2 Å². The first-order valence-corrected chi connectivity index (χ1v) is 7.04. The lowest BCUT2D eigenvalue weighted by Crippen LogP contribution is -2.25. The van der Waals surface area contributed by atoms with Crippen LogP contribution in [-0.4, -0.2) is 11.9 Å². The average molecular weight is 266 g/mol. The molecule has 1 unspecified atom stereocenters. The monoisotopic (exact) mass is 266 g/mol. The SMILES string of the molecule is CC(C)Oc1ccc(C(=O)C2Cc3ccccc32)cc1. The summed E-state index contributed by atoms with van der Waals surface area (Å²) < 4.78 is 5.59. The van der Waals surface area contributed by atoms with Crippen LogP contribution in [0, 0.1) is 0 Å². The molecule has 2 aromatic rings. The van der Waals surface area contributed by atoms with E-state index in [4.69, 9.17) is 4.74 Å². The number of rotatable bonds is 4. The molecular weight excluding hydrogens is 248 g/mol. The van der Waals surface area contributed by atoms with Crippen molar-refractivity contribution in [1.29, 1.82) is 0 Å². The number of benzene rings is 2. The van der Waals surface area contributed by atoms with Gasteiger partial charge in [0, 0.05) is 5.56 Å². The second kappa shape index (κ2) is 5.12. The number of hydrogen-bond donors (Lipinski definition) is 0. The van der Waals surface area contributed by atoms with E-state index in [2.05, 4.69) is 12.1 Å². The lowest BCUT2D eigenvalue weighted by molar-refractivity contribution is 0.0949. The summed E-state index contributed by atoms with van der Waals surface area (Å²) in [5.74, 6) is 1.05. The minimum Gasteiger partial charge on any atom is -0.491 e. The summed E-state index contributed by atoms with van der Waals surface area (Å²) in [5.41, 5.74) is 3.24. The van der Waals surface area contributed by atoms with Crippen molar-refractivity contribution in [2.45, 2.75) is 32.3 Å². The van der Waals surface area contributed by atoms with Crippen molar-refractivity contribution in [3.63, 3.8) is 0 Å². The molecule has 0 heterocycles. The Balaban J connectivity index is 1.76. The largest absolute Gasteiger partial charge is 0.491 e. The maximum absolute atomic E-state index is 12.5. The Kier molecular flexibility index (Phi) is 3.31. The highest BCUT2D eigenvalue weighted by atomic mass is 16.5. The molecule has 1 atom stereocenters. The van der Waals surface area contributed by atoms with Crippen LogP contribution in [0.4, 0.5) is 0 Å². The summed E-state index contributed by atoms with van der Waals surface area (Å²) in [6, 6.07) is 15.6.